The lowest BCUT2D eigenvalue weighted by atomic mass is 10.1. The van der Waals surface area contributed by atoms with E-state index in [1.807, 2.05) is 30.3 Å². The second-order valence-electron chi connectivity index (χ2n) is 8.91. The van der Waals surface area contributed by atoms with Crippen molar-refractivity contribution in [2.45, 2.75) is 38.3 Å². The molecule has 3 N–H and O–H groups in total. The number of benzene rings is 3. The van der Waals surface area contributed by atoms with Crippen LogP contribution in [0, 0.1) is 0 Å². The predicted molar refractivity (Wildman–Crippen MR) is 149 cm³/mol. The van der Waals surface area contributed by atoms with Crippen LogP contribution in [0.2, 0.25) is 10.0 Å². The van der Waals surface area contributed by atoms with Gasteiger partial charge >= 0.3 is 0 Å². The minimum atomic E-state index is -0.717. The van der Waals surface area contributed by atoms with Gasteiger partial charge in [0.2, 0.25) is 0 Å². The largest absolute Gasteiger partial charge is 0.497 e. The van der Waals surface area contributed by atoms with Crippen molar-refractivity contribution < 1.29 is 14.6 Å². The van der Waals surface area contributed by atoms with Crippen LogP contribution in [0.4, 0.5) is 5.69 Å². The number of aliphatic hydroxyl groups is 1. The van der Waals surface area contributed by atoms with Crippen LogP contribution in [0.3, 0.4) is 0 Å². The zero-order chi connectivity index (χ0) is 25.8. The number of aliphatic hydroxyl groups excluding tert-OH is 1. The van der Waals surface area contributed by atoms with E-state index in [9.17, 15) is 5.11 Å². The van der Waals surface area contributed by atoms with Gasteiger partial charge in [-0.05, 0) is 73.2 Å². The lowest BCUT2D eigenvalue weighted by molar-refractivity contribution is 0.105. The first kappa shape index (κ1) is 28.3. The van der Waals surface area contributed by atoms with Gasteiger partial charge in [-0.2, -0.15) is 0 Å². The Bertz CT molecular complexity index is 1030. The molecule has 0 saturated carbocycles. The van der Waals surface area contributed by atoms with E-state index in [1.54, 1.807) is 19.2 Å². The number of nitrogen functional groups attached to an aromatic ring is 1. The molecule has 0 heterocycles. The molecular weight excluding hydrogens is 495 g/mol. The van der Waals surface area contributed by atoms with Crippen molar-refractivity contribution in [3.8, 4) is 5.75 Å². The maximum atomic E-state index is 10.9. The van der Waals surface area contributed by atoms with Crippen LogP contribution in [-0.2, 0) is 17.7 Å². The highest BCUT2D eigenvalue weighted by molar-refractivity contribution is 6.38. The molecule has 3 rings (SSSR count). The molecule has 3 aromatic rings. The van der Waals surface area contributed by atoms with E-state index >= 15 is 0 Å². The highest BCUT2D eigenvalue weighted by atomic mass is 35.5. The van der Waals surface area contributed by atoms with E-state index in [1.165, 1.54) is 11.1 Å². The van der Waals surface area contributed by atoms with Gasteiger partial charge in [0.1, 0.15) is 5.75 Å². The number of nitrogens with zero attached hydrogens (tertiary/aromatic N) is 1. The first-order valence-corrected chi connectivity index (χ1v) is 13.1. The highest BCUT2D eigenvalue weighted by Gasteiger charge is 2.16. The van der Waals surface area contributed by atoms with Crippen LogP contribution in [-0.4, -0.2) is 43.4 Å². The van der Waals surface area contributed by atoms with Crippen LogP contribution in [0.5, 0.6) is 5.75 Å². The average Bonchev–Trinajstić information content (AvgIpc) is 2.89. The maximum Gasteiger partial charge on any atom is 0.118 e. The molecule has 0 amide bonds. The molecule has 0 aromatic heterocycles. The van der Waals surface area contributed by atoms with Crippen LogP contribution in [0.15, 0.2) is 66.7 Å². The molecule has 36 heavy (non-hydrogen) atoms. The highest BCUT2D eigenvalue weighted by Crippen LogP contribution is 2.31. The number of hydrogen-bond donors (Lipinski definition) is 2. The van der Waals surface area contributed by atoms with Crippen molar-refractivity contribution in [1.82, 2.24) is 4.90 Å². The van der Waals surface area contributed by atoms with Gasteiger partial charge in [-0.3, -0.25) is 4.90 Å². The molecule has 0 radical (unpaired) electrons. The summed E-state index contributed by atoms with van der Waals surface area (Å²) in [4.78, 5) is 2.27. The van der Waals surface area contributed by atoms with Crippen LogP contribution in [0.1, 0.15) is 42.1 Å². The lowest BCUT2D eigenvalue weighted by Gasteiger charge is -2.26. The molecule has 7 heteroatoms. The Morgan fingerprint density at radius 2 is 1.58 bits per heavy atom. The summed E-state index contributed by atoms with van der Waals surface area (Å²) in [5.74, 6) is 0.870. The summed E-state index contributed by atoms with van der Waals surface area (Å²) in [6.07, 6.45) is 3.26. The second-order valence-corrected chi connectivity index (χ2v) is 9.72. The van der Waals surface area contributed by atoms with Crippen LogP contribution in [0.25, 0.3) is 0 Å². The molecule has 0 aliphatic rings. The zero-order valence-corrected chi connectivity index (χ0v) is 22.3. The third-order valence-electron chi connectivity index (χ3n) is 6.12. The summed E-state index contributed by atoms with van der Waals surface area (Å²) in [7, 11) is 1.67. The van der Waals surface area contributed by atoms with Crippen molar-refractivity contribution in [3.63, 3.8) is 0 Å². The summed E-state index contributed by atoms with van der Waals surface area (Å²) in [5.41, 5.74) is 9.31. The SMILES string of the molecule is COc1ccc(CCOCCCCCN(Cc2ccccc2)CC(O)c2cc(Cl)c(N)c(Cl)c2)cc1. The van der Waals surface area contributed by atoms with Gasteiger partial charge in [-0.25, -0.2) is 0 Å². The summed E-state index contributed by atoms with van der Waals surface area (Å²) in [6.45, 7) is 3.57. The summed E-state index contributed by atoms with van der Waals surface area (Å²) >= 11 is 12.4. The summed E-state index contributed by atoms with van der Waals surface area (Å²) in [6, 6.07) is 21.8. The Balaban J connectivity index is 1.42. The molecule has 1 unspecified atom stereocenters. The Hall–Kier alpha value is -2.28. The van der Waals surface area contributed by atoms with Gasteiger partial charge in [-0.1, -0.05) is 65.7 Å². The second kappa shape index (κ2) is 15.1. The van der Waals surface area contributed by atoms with Crippen molar-refractivity contribution in [2.24, 2.45) is 0 Å². The number of anilines is 1. The van der Waals surface area contributed by atoms with E-state index in [2.05, 4.69) is 29.2 Å². The monoisotopic (exact) mass is 530 g/mol. The molecule has 0 fully saturated rings. The van der Waals surface area contributed by atoms with Crippen LogP contribution >= 0.6 is 23.2 Å². The minimum Gasteiger partial charge on any atom is -0.497 e. The molecular formula is C29H36Cl2N2O3. The van der Waals surface area contributed by atoms with Crippen molar-refractivity contribution in [3.05, 3.63) is 93.5 Å². The number of hydrogen-bond acceptors (Lipinski definition) is 5. The fourth-order valence-corrected chi connectivity index (χ4v) is 4.53. The number of ether oxygens (including phenoxy) is 2. The number of methoxy groups -OCH3 is 1. The fourth-order valence-electron chi connectivity index (χ4n) is 4.02. The fraction of sp³-hybridized carbons (Fsp3) is 0.379. The Morgan fingerprint density at radius 3 is 2.25 bits per heavy atom. The Morgan fingerprint density at radius 1 is 0.889 bits per heavy atom. The Kier molecular flexibility index (Phi) is 11.9. The number of rotatable bonds is 15. The van der Waals surface area contributed by atoms with Gasteiger partial charge in [0.15, 0.2) is 0 Å². The third-order valence-corrected chi connectivity index (χ3v) is 6.75. The summed E-state index contributed by atoms with van der Waals surface area (Å²) < 4.78 is 11.0. The van der Waals surface area contributed by atoms with Crippen molar-refractivity contribution >= 4 is 28.9 Å². The number of nitrogens with two attached hydrogens (primary N) is 1. The first-order valence-electron chi connectivity index (χ1n) is 12.4. The standard InChI is InChI=1S/C29H36Cl2N2O3/c1-35-25-12-10-22(11-13-25)14-17-36-16-7-3-6-15-33(20-23-8-4-2-5-9-23)21-28(34)24-18-26(30)29(32)27(31)19-24/h2,4-5,8-13,18-19,28,34H,3,6-7,14-17,20-21,32H2,1H3. The molecule has 0 aliphatic heterocycles. The van der Waals surface area contributed by atoms with E-state index in [0.29, 0.717) is 34.4 Å². The molecule has 3 aromatic carbocycles. The zero-order valence-electron chi connectivity index (χ0n) is 20.8. The van der Waals surface area contributed by atoms with E-state index < -0.39 is 6.10 Å². The summed E-state index contributed by atoms with van der Waals surface area (Å²) in [5, 5.41) is 11.6. The van der Waals surface area contributed by atoms with E-state index in [0.717, 1.165) is 51.1 Å². The molecule has 0 saturated heterocycles. The maximum absolute atomic E-state index is 10.9. The topological polar surface area (TPSA) is 68.0 Å². The first-order chi connectivity index (χ1) is 17.5. The van der Waals surface area contributed by atoms with Crippen molar-refractivity contribution in [2.75, 3.05) is 39.1 Å². The molecule has 5 nitrogen and oxygen atoms in total. The number of unbranched alkanes of at least 4 members (excludes halogenated alkanes) is 2. The van der Waals surface area contributed by atoms with E-state index in [-0.39, 0.29) is 0 Å². The van der Waals surface area contributed by atoms with Gasteiger partial charge in [-0.15, -0.1) is 0 Å². The van der Waals surface area contributed by atoms with Crippen molar-refractivity contribution in [1.29, 1.82) is 0 Å². The van der Waals surface area contributed by atoms with Crippen LogP contribution < -0.4 is 10.5 Å². The minimum absolute atomic E-state index is 0.335. The van der Waals surface area contributed by atoms with E-state index in [4.69, 9.17) is 38.4 Å². The molecule has 1 atom stereocenters. The predicted octanol–water partition coefficient (Wildman–Crippen LogP) is 6.55. The molecule has 194 valence electrons. The van der Waals surface area contributed by atoms with Gasteiger partial charge in [0.05, 0.1) is 35.6 Å². The number of halogens is 2. The molecule has 0 bridgehead atoms. The quantitative estimate of drug-likeness (QED) is 0.172. The Labute approximate surface area is 224 Å². The smallest absolute Gasteiger partial charge is 0.118 e. The normalized spacial score (nSPS) is 12.1. The average molecular weight is 532 g/mol. The molecule has 0 spiro atoms. The van der Waals surface area contributed by atoms with Gasteiger partial charge in [0.25, 0.3) is 0 Å². The van der Waals surface area contributed by atoms with Gasteiger partial charge < -0.3 is 20.3 Å². The third kappa shape index (κ3) is 9.30. The lowest BCUT2D eigenvalue weighted by Crippen LogP contribution is -2.29. The molecule has 0 aliphatic carbocycles. The van der Waals surface area contributed by atoms with Gasteiger partial charge in [0, 0.05) is 19.7 Å².